The van der Waals surface area contributed by atoms with Gasteiger partial charge in [-0.2, -0.15) is 4.39 Å². The third-order valence-corrected chi connectivity index (χ3v) is 4.14. The summed E-state index contributed by atoms with van der Waals surface area (Å²) in [5, 5.41) is 3.36. The molecule has 0 spiro atoms. The van der Waals surface area contributed by atoms with Crippen LogP contribution in [-0.2, 0) is 16.4 Å². The van der Waals surface area contributed by atoms with Crippen molar-refractivity contribution in [2.24, 2.45) is 5.73 Å². The van der Waals surface area contributed by atoms with Crippen molar-refractivity contribution in [1.29, 1.82) is 0 Å². The number of nitrogens with one attached hydrogen (secondary N) is 1. The highest BCUT2D eigenvalue weighted by atomic mass is 19.1. The van der Waals surface area contributed by atoms with E-state index in [0.29, 0.717) is 12.1 Å². The average molecular weight is 406 g/mol. The Hall–Kier alpha value is -2.75. The summed E-state index contributed by atoms with van der Waals surface area (Å²) >= 11 is 0. The maximum absolute atomic E-state index is 14.2. The van der Waals surface area contributed by atoms with Gasteiger partial charge in [0, 0.05) is 25.4 Å². The van der Waals surface area contributed by atoms with E-state index in [4.69, 9.17) is 20.2 Å². The first-order valence-electron chi connectivity index (χ1n) is 9.12. The largest absolute Gasteiger partial charge is 0.454 e. The SMILES string of the molecule is CC1(C)CN(COOCc2ccc(Oc3ccnc(F)c3)c(F)c2)/C(=C\CN)N1. The second kappa shape index (κ2) is 9.17. The average Bonchev–Trinajstić information content (AvgIpc) is 2.95. The van der Waals surface area contributed by atoms with Crippen LogP contribution >= 0.6 is 0 Å². The fourth-order valence-corrected chi connectivity index (χ4v) is 2.94. The number of pyridine rings is 1. The lowest BCUT2D eigenvalue weighted by Gasteiger charge is -2.19. The molecule has 7 nitrogen and oxygen atoms in total. The van der Waals surface area contributed by atoms with Crippen molar-refractivity contribution < 1.29 is 23.3 Å². The summed E-state index contributed by atoms with van der Waals surface area (Å²) < 4.78 is 32.7. The number of hydrogen-bond donors (Lipinski definition) is 2. The van der Waals surface area contributed by atoms with Crippen LogP contribution in [0.4, 0.5) is 8.78 Å². The maximum atomic E-state index is 14.2. The molecule has 0 atom stereocenters. The zero-order chi connectivity index (χ0) is 20.9. The number of halogens is 2. The highest BCUT2D eigenvalue weighted by Gasteiger charge is 2.31. The summed E-state index contributed by atoms with van der Waals surface area (Å²) in [6.45, 7) is 5.56. The molecule has 2 aromatic rings. The number of nitrogens with two attached hydrogens (primary N) is 1. The molecule has 1 saturated heterocycles. The molecule has 1 aromatic heterocycles. The molecule has 2 heterocycles. The van der Waals surface area contributed by atoms with E-state index >= 15 is 0 Å². The molecule has 9 heteroatoms. The van der Waals surface area contributed by atoms with Gasteiger partial charge in [0.1, 0.15) is 18.2 Å². The van der Waals surface area contributed by atoms with Crippen molar-refractivity contribution in [3.05, 3.63) is 65.8 Å². The van der Waals surface area contributed by atoms with Crippen LogP contribution in [0.5, 0.6) is 11.5 Å². The van der Waals surface area contributed by atoms with Crippen molar-refractivity contribution in [3.63, 3.8) is 0 Å². The Morgan fingerprint density at radius 3 is 2.79 bits per heavy atom. The summed E-state index contributed by atoms with van der Waals surface area (Å²) in [6.07, 6.45) is 3.12. The number of aromatic nitrogens is 1. The lowest BCUT2D eigenvalue weighted by molar-refractivity contribution is -0.320. The third kappa shape index (κ3) is 5.86. The van der Waals surface area contributed by atoms with Crippen LogP contribution in [0.2, 0.25) is 0 Å². The Morgan fingerprint density at radius 2 is 2.07 bits per heavy atom. The van der Waals surface area contributed by atoms with E-state index < -0.39 is 11.8 Å². The molecule has 3 N–H and O–H groups in total. The Kier molecular flexibility index (Phi) is 6.63. The van der Waals surface area contributed by atoms with Gasteiger partial charge in [-0.15, -0.1) is 0 Å². The van der Waals surface area contributed by atoms with Crippen molar-refractivity contribution in [2.45, 2.75) is 26.0 Å². The van der Waals surface area contributed by atoms with Crippen molar-refractivity contribution in [2.75, 3.05) is 19.8 Å². The molecule has 0 unspecified atom stereocenters. The number of nitrogens with zero attached hydrogens (tertiary/aromatic N) is 2. The van der Waals surface area contributed by atoms with Gasteiger partial charge in [-0.3, -0.25) is 0 Å². The zero-order valence-electron chi connectivity index (χ0n) is 16.3. The Morgan fingerprint density at radius 1 is 1.24 bits per heavy atom. The summed E-state index contributed by atoms with van der Waals surface area (Å²) in [4.78, 5) is 15.9. The molecule has 0 bridgehead atoms. The fourth-order valence-electron chi connectivity index (χ4n) is 2.94. The minimum Gasteiger partial charge on any atom is -0.454 e. The number of ether oxygens (including phenoxy) is 1. The smallest absolute Gasteiger partial charge is 0.216 e. The van der Waals surface area contributed by atoms with Crippen LogP contribution < -0.4 is 15.8 Å². The third-order valence-electron chi connectivity index (χ3n) is 4.14. The molecular weight excluding hydrogens is 382 g/mol. The van der Waals surface area contributed by atoms with E-state index in [-0.39, 0.29) is 30.4 Å². The van der Waals surface area contributed by atoms with Gasteiger partial charge >= 0.3 is 0 Å². The normalized spacial score (nSPS) is 16.9. The second-order valence-electron chi connectivity index (χ2n) is 7.22. The van der Waals surface area contributed by atoms with Crippen LogP contribution in [0.1, 0.15) is 19.4 Å². The maximum Gasteiger partial charge on any atom is 0.216 e. The van der Waals surface area contributed by atoms with Crippen LogP contribution in [0.15, 0.2) is 48.4 Å². The quantitative estimate of drug-likeness (QED) is 0.302. The lowest BCUT2D eigenvalue weighted by atomic mass is 10.1. The summed E-state index contributed by atoms with van der Waals surface area (Å²) in [5.74, 6) is -0.274. The molecule has 1 aliphatic heterocycles. The Bertz CT molecular complexity index is 877. The second-order valence-corrected chi connectivity index (χ2v) is 7.22. The number of rotatable bonds is 8. The minimum absolute atomic E-state index is 0.0257. The first-order valence-corrected chi connectivity index (χ1v) is 9.12. The van der Waals surface area contributed by atoms with Crippen molar-refractivity contribution in [1.82, 2.24) is 15.2 Å². The van der Waals surface area contributed by atoms with Crippen LogP contribution in [-0.4, -0.2) is 35.2 Å². The van der Waals surface area contributed by atoms with E-state index in [0.717, 1.165) is 18.4 Å². The molecule has 0 saturated carbocycles. The summed E-state index contributed by atoms with van der Waals surface area (Å²) in [5.41, 5.74) is 6.06. The molecule has 1 fully saturated rings. The van der Waals surface area contributed by atoms with Gasteiger partial charge < -0.3 is 20.7 Å². The first-order chi connectivity index (χ1) is 13.9. The molecule has 0 aliphatic carbocycles. The molecule has 0 amide bonds. The standard InChI is InChI=1S/C20H24F2N4O3/c1-20(2)12-26(19(25-20)5-7-23)13-28-27-11-14-3-4-17(16(21)9-14)29-15-6-8-24-18(22)10-15/h3-6,8-10,25H,7,11-13,23H2,1-2H3/b19-5-. The van der Waals surface area contributed by atoms with Crippen molar-refractivity contribution in [3.8, 4) is 11.5 Å². The molecule has 3 rings (SSSR count). The molecule has 29 heavy (non-hydrogen) atoms. The van der Waals surface area contributed by atoms with E-state index in [1.54, 1.807) is 6.07 Å². The molecular formula is C20H24F2N4O3. The molecule has 1 aliphatic rings. The van der Waals surface area contributed by atoms with Gasteiger partial charge in [0.05, 0.1) is 5.54 Å². The fraction of sp³-hybridized carbons (Fsp3) is 0.350. The summed E-state index contributed by atoms with van der Waals surface area (Å²) in [7, 11) is 0. The minimum atomic E-state index is -0.703. The molecule has 0 radical (unpaired) electrons. The molecule has 156 valence electrons. The van der Waals surface area contributed by atoms with E-state index in [2.05, 4.69) is 24.1 Å². The van der Waals surface area contributed by atoms with Crippen LogP contribution in [0.25, 0.3) is 0 Å². The zero-order valence-corrected chi connectivity index (χ0v) is 16.3. The number of benzene rings is 1. The van der Waals surface area contributed by atoms with Crippen LogP contribution in [0.3, 0.4) is 0 Å². The van der Waals surface area contributed by atoms with E-state index in [1.807, 2.05) is 11.0 Å². The summed E-state index contributed by atoms with van der Waals surface area (Å²) in [6, 6.07) is 6.87. The first kappa shape index (κ1) is 21.0. The topological polar surface area (TPSA) is 81.9 Å². The van der Waals surface area contributed by atoms with Gasteiger partial charge in [0.2, 0.25) is 5.95 Å². The van der Waals surface area contributed by atoms with Gasteiger partial charge in [-0.25, -0.2) is 19.1 Å². The highest BCUT2D eigenvalue weighted by molar-refractivity contribution is 5.33. The highest BCUT2D eigenvalue weighted by Crippen LogP contribution is 2.25. The Labute approximate surface area is 168 Å². The predicted octanol–water partition coefficient (Wildman–Crippen LogP) is 3.04. The van der Waals surface area contributed by atoms with Gasteiger partial charge in [0.15, 0.2) is 18.3 Å². The van der Waals surface area contributed by atoms with Crippen molar-refractivity contribution >= 4 is 0 Å². The van der Waals surface area contributed by atoms with Crippen LogP contribution in [0, 0.1) is 11.8 Å². The monoisotopic (exact) mass is 406 g/mol. The van der Waals surface area contributed by atoms with E-state index in [1.165, 1.54) is 24.4 Å². The number of hydrogen-bond acceptors (Lipinski definition) is 7. The Balaban J connectivity index is 1.50. The van der Waals surface area contributed by atoms with Gasteiger partial charge in [-0.1, -0.05) is 6.07 Å². The lowest BCUT2D eigenvalue weighted by Crippen LogP contribution is -2.34. The molecule has 1 aromatic carbocycles. The van der Waals surface area contributed by atoms with E-state index in [9.17, 15) is 8.78 Å². The van der Waals surface area contributed by atoms with Gasteiger partial charge in [0.25, 0.3) is 0 Å². The predicted molar refractivity (Wildman–Crippen MR) is 102 cm³/mol. The van der Waals surface area contributed by atoms with Gasteiger partial charge in [-0.05, 0) is 43.7 Å².